The number of carboxylic acid groups (broad SMARTS) is 1. The van der Waals surface area contributed by atoms with E-state index in [1.54, 1.807) is 7.11 Å². The Morgan fingerprint density at radius 2 is 2.11 bits per heavy atom. The lowest BCUT2D eigenvalue weighted by molar-refractivity contribution is -0.137. The molecule has 2 rings (SSSR count). The molecule has 0 amide bonds. The fraction of sp³-hybridized carbons (Fsp3) is 0.533. The molecule has 1 aliphatic rings. The third-order valence-electron chi connectivity index (χ3n) is 3.81. The van der Waals surface area contributed by atoms with Crippen molar-refractivity contribution in [2.75, 3.05) is 7.11 Å². The molecule has 3 heteroatoms. The molecule has 1 fully saturated rings. The Morgan fingerprint density at radius 1 is 1.44 bits per heavy atom. The highest BCUT2D eigenvalue weighted by molar-refractivity contribution is 5.70. The largest absolute Gasteiger partial charge is 0.496 e. The Kier molecular flexibility index (Phi) is 3.33. The van der Waals surface area contributed by atoms with E-state index in [4.69, 9.17) is 9.84 Å². The Hall–Kier alpha value is -1.51. The second-order valence-electron chi connectivity index (χ2n) is 5.46. The van der Waals surface area contributed by atoms with Gasteiger partial charge in [0.25, 0.3) is 0 Å². The van der Waals surface area contributed by atoms with Crippen molar-refractivity contribution in [3.63, 3.8) is 0 Å². The molecule has 1 aromatic rings. The van der Waals surface area contributed by atoms with Crippen molar-refractivity contribution in [3.05, 3.63) is 29.3 Å². The van der Waals surface area contributed by atoms with Crippen molar-refractivity contribution >= 4 is 5.97 Å². The average Bonchev–Trinajstić information content (AvgIpc) is 3.08. The maximum absolute atomic E-state index is 10.9. The van der Waals surface area contributed by atoms with Crippen LogP contribution in [0.1, 0.15) is 50.2 Å². The number of hydrogen-bond acceptors (Lipinski definition) is 2. The molecule has 1 N–H and O–H groups in total. The van der Waals surface area contributed by atoms with Gasteiger partial charge in [-0.1, -0.05) is 26.0 Å². The molecule has 0 aromatic heterocycles. The number of aliphatic carboxylic acids is 1. The number of carboxylic acids is 1. The summed E-state index contributed by atoms with van der Waals surface area (Å²) in [5.74, 6) is 0.558. The van der Waals surface area contributed by atoms with Crippen LogP contribution >= 0.6 is 0 Å². The fourth-order valence-electron chi connectivity index (χ4n) is 2.53. The van der Waals surface area contributed by atoms with Crippen molar-refractivity contribution in [2.45, 2.75) is 44.4 Å². The van der Waals surface area contributed by atoms with Gasteiger partial charge in [0.15, 0.2) is 0 Å². The summed E-state index contributed by atoms with van der Waals surface area (Å²) in [6, 6.07) is 6.15. The molecule has 0 aliphatic heterocycles. The van der Waals surface area contributed by atoms with Gasteiger partial charge in [0, 0.05) is 5.41 Å². The topological polar surface area (TPSA) is 46.5 Å². The molecular weight excluding hydrogens is 228 g/mol. The van der Waals surface area contributed by atoms with E-state index in [1.807, 2.05) is 6.07 Å². The summed E-state index contributed by atoms with van der Waals surface area (Å²) < 4.78 is 5.43. The van der Waals surface area contributed by atoms with E-state index in [-0.39, 0.29) is 11.8 Å². The number of ether oxygens (including phenoxy) is 1. The second-order valence-corrected chi connectivity index (χ2v) is 5.46. The van der Waals surface area contributed by atoms with Crippen LogP contribution in [0.15, 0.2) is 18.2 Å². The van der Waals surface area contributed by atoms with E-state index >= 15 is 0 Å². The van der Waals surface area contributed by atoms with Gasteiger partial charge in [-0.25, -0.2) is 0 Å². The number of benzene rings is 1. The van der Waals surface area contributed by atoms with Crippen LogP contribution in [-0.2, 0) is 10.2 Å². The highest BCUT2D eigenvalue weighted by Gasteiger charge is 2.46. The minimum absolute atomic E-state index is 0.144. The molecule has 1 aliphatic carbocycles. The van der Waals surface area contributed by atoms with E-state index in [0.29, 0.717) is 5.92 Å². The Labute approximate surface area is 108 Å². The molecule has 1 saturated carbocycles. The van der Waals surface area contributed by atoms with Gasteiger partial charge in [-0.05, 0) is 36.0 Å². The van der Waals surface area contributed by atoms with E-state index in [9.17, 15) is 4.79 Å². The van der Waals surface area contributed by atoms with Gasteiger partial charge in [0.2, 0.25) is 0 Å². The molecule has 0 unspecified atom stereocenters. The summed E-state index contributed by atoms with van der Waals surface area (Å²) in [5.41, 5.74) is 2.13. The van der Waals surface area contributed by atoms with E-state index in [2.05, 4.69) is 26.0 Å². The van der Waals surface area contributed by atoms with Crippen molar-refractivity contribution in [1.82, 2.24) is 0 Å². The summed E-state index contributed by atoms with van der Waals surface area (Å²) in [4.78, 5) is 10.9. The third-order valence-corrected chi connectivity index (χ3v) is 3.81. The molecule has 0 heterocycles. The first-order chi connectivity index (χ1) is 8.48. The maximum Gasteiger partial charge on any atom is 0.304 e. The lowest BCUT2D eigenvalue weighted by Crippen LogP contribution is -2.13. The molecule has 3 nitrogen and oxygen atoms in total. The minimum Gasteiger partial charge on any atom is -0.496 e. The van der Waals surface area contributed by atoms with Gasteiger partial charge in [0.05, 0.1) is 13.5 Å². The first kappa shape index (κ1) is 12.9. The van der Waals surface area contributed by atoms with E-state index in [1.165, 1.54) is 5.56 Å². The highest BCUT2D eigenvalue weighted by atomic mass is 16.5. The van der Waals surface area contributed by atoms with Crippen molar-refractivity contribution in [3.8, 4) is 5.75 Å². The molecule has 0 atom stereocenters. The summed E-state index contributed by atoms with van der Waals surface area (Å²) >= 11 is 0. The smallest absolute Gasteiger partial charge is 0.304 e. The molecule has 0 bridgehead atoms. The van der Waals surface area contributed by atoms with Crippen LogP contribution in [0.5, 0.6) is 5.75 Å². The van der Waals surface area contributed by atoms with Gasteiger partial charge in [-0.3, -0.25) is 4.79 Å². The zero-order chi connectivity index (χ0) is 13.3. The quantitative estimate of drug-likeness (QED) is 0.869. The van der Waals surface area contributed by atoms with Crippen LogP contribution in [0.4, 0.5) is 0 Å². The first-order valence-corrected chi connectivity index (χ1v) is 6.39. The summed E-state index contributed by atoms with van der Waals surface area (Å²) in [7, 11) is 1.67. The van der Waals surface area contributed by atoms with Gasteiger partial charge in [0.1, 0.15) is 5.75 Å². The molecule has 0 saturated heterocycles. The average molecular weight is 248 g/mol. The Balaban J connectivity index is 2.33. The molecule has 18 heavy (non-hydrogen) atoms. The fourth-order valence-corrected chi connectivity index (χ4v) is 2.53. The lowest BCUT2D eigenvalue weighted by Gasteiger charge is -2.18. The SMILES string of the molecule is COc1cc(C2(CC(=O)O)CC2)ccc1C(C)C. The van der Waals surface area contributed by atoms with Crippen molar-refractivity contribution in [1.29, 1.82) is 0 Å². The number of rotatable bonds is 5. The molecule has 0 radical (unpaired) electrons. The summed E-state index contributed by atoms with van der Waals surface area (Å²) in [6.07, 6.45) is 2.14. The Morgan fingerprint density at radius 3 is 2.56 bits per heavy atom. The van der Waals surface area contributed by atoms with Crippen molar-refractivity contribution < 1.29 is 14.6 Å². The predicted molar refractivity (Wildman–Crippen MR) is 70.2 cm³/mol. The summed E-state index contributed by atoms with van der Waals surface area (Å²) in [6.45, 7) is 4.25. The zero-order valence-electron chi connectivity index (χ0n) is 11.2. The van der Waals surface area contributed by atoms with Gasteiger partial charge >= 0.3 is 5.97 Å². The van der Waals surface area contributed by atoms with E-state index in [0.717, 1.165) is 24.2 Å². The van der Waals surface area contributed by atoms with Crippen LogP contribution in [-0.4, -0.2) is 18.2 Å². The number of methoxy groups -OCH3 is 1. The van der Waals surface area contributed by atoms with Crippen LogP contribution in [0, 0.1) is 0 Å². The lowest BCUT2D eigenvalue weighted by atomic mass is 9.89. The maximum atomic E-state index is 10.9. The van der Waals surface area contributed by atoms with Gasteiger partial charge < -0.3 is 9.84 Å². The second kappa shape index (κ2) is 4.63. The minimum atomic E-state index is -0.723. The highest BCUT2D eigenvalue weighted by Crippen LogP contribution is 2.52. The van der Waals surface area contributed by atoms with Crippen molar-refractivity contribution in [2.24, 2.45) is 0 Å². The Bertz CT molecular complexity index is 459. The number of carbonyl (C=O) groups is 1. The third kappa shape index (κ3) is 2.35. The normalized spacial score (nSPS) is 16.7. The molecule has 0 spiro atoms. The first-order valence-electron chi connectivity index (χ1n) is 6.39. The summed E-state index contributed by atoms with van der Waals surface area (Å²) in [5, 5.41) is 8.99. The van der Waals surface area contributed by atoms with Gasteiger partial charge in [-0.15, -0.1) is 0 Å². The van der Waals surface area contributed by atoms with E-state index < -0.39 is 5.97 Å². The monoisotopic (exact) mass is 248 g/mol. The molecular formula is C15H20O3. The molecule has 1 aromatic carbocycles. The number of hydrogen-bond donors (Lipinski definition) is 1. The van der Waals surface area contributed by atoms with Crippen LogP contribution in [0.2, 0.25) is 0 Å². The van der Waals surface area contributed by atoms with Crippen LogP contribution < -0.4 is 4.74 Å². The predicted octanol–water partition coefficient (Wildman–Crippen LogP) is 3.32. The zero-order valence-corrected chi connectivity index (χ0v) is 11.2. The van der Waals surface area contributed by atoms with Crippen LogP contribution in [0.25, 0.3) is 0 Å². The molecule has 98 valence electrons. The van der Waals surface area contributed by atoms with Gasteiger partial charge in [-0.2, -0.15) is 0 Å². The van der Waals surface area contributed by atoms with Crippen LogP contribution in [0.3, 0.4) is 0 Å². The standard InChI is InChI=1S/C15H20O3/c1-10(2)12-5-4-11(8-13(12)18-3)15(6-7-15)9-14(16)17/h4-5,8,10H,6-7,9H2,1-3H3,(H,16,17).